The Hall–Kier alpha value is -1.60. The molecule has 0 aliphatic carbocycles. The van der Waals surface area contributed by atoms with Crippen molar-refractivity contribution in [1.82, 2.24) is 5.32 Å². The van der Waals surface area contributed by atoms with Gasteiger partial charge in [0, 0.05) is 6.04 Å². The van der Waals surface area contributed by atoms with Crippen LogP contribution < -0.4 is 5.32 Å². The highest BCUT2D eigenvalue weighted by atomic mass is 14.9. The minimum atomic E-state index is 0.621. The summed E-state index contributed by atoms with van der Waals surface area (Å²) in [4.78, 5) is 0. The molecule has 0 amide bonds. The standard InChI is InChI=1S/C30H47N/c1-27(26-30-21-15-11-16-22-30)18-12-8-6-4-3-5-7-9-17-25-31-28(2)23-24-29-19-13-10-14-20-29/h10-11,13-16,19-22,27-28,31H,3-9,12,17-18,23-26H2,1-2H3. The van der Waals surface area contributed by atoms with Crippen LogP contribution in [0.3, 0.4) is 0 Å². The molecule has 2 rings (SSSR count). The molecule has 0 bridgehead atoms. The molecule has 0 aliphatic rings. The maximum atomic E-state index is 3.70. The SMILES string of the molecule is CC(CCCCCCCCCCCNC(C)CCc1ccccc1)Cc1ccccc1. The lowest BCUT2D eigenvalue weighted by atomic mass is 9.95. The topological polar surface area (TPSA) is 12.0 Å². The van der Waals surface area contributed by atoms with Crippen LogP contribution in [0.25, 0.3) is 0 Å². The van der Waals surface area contributed by atoms with Gasteiger partial charge in [-0.25, -0.2) is 0 Å². The van der Waals surface area contributed by atoms with Crippen LogP contribution in [-0.2, 0) is 12.8 Å². The van der Waals surface area contributed by atoms with Crippen LogP contribution in [0, 0.1) is 5.92 Å². The second-order valence-corrected chi connectivity index (χ2v) is 9.64. The van der Waals surface area contributed by atoms with Crippen molar-refractivity contribution in [1.29, 1.82) is 0 Å². The first-order valence-electron chi connectivity index (χ1n) is 13.1. The van der Waals surface area contributed by atoms with Gasteiger partial charge in [0.25, 0.3) is 0 Å². The Bertz CT molecular complexity index is 636. The second kappa shape index (κ2) is 17.0. The summed E-state index contributed by atoms with van der Waals surface area (Å²) in [6.45, 7) is 5.91. The number of hydrogen-bond donors (Lipinski definition) is 1. The molecule has 2 unspecified atom stereocenters. The Morgan fingerprint density at radius 2 is 1.10 bits per heavy atom. The van der Waals surface area contributed by atoms with Crippen LogP contribution >= 0.6 is 0 Å². The van der Waals surface area contributed by atoms with Crippen molar-refractivity contribution in [3.05, 3.63) is 71.8 Å². The highest BCUT2D eigenvalue weighted by Gasteiger charge is 2.04. The van der Waals surface area contributed by atoms with Gasteiger partial charge in [-0.1, -0.05) is 125 Å². The van der Waals surface area contributed by atoms with E-state index in [0.29, 0.717) is 6.04 Å². The third kappa shape index (κ3) is 13.4. The fraction of sp³-hybridized carbons (Fsp3) is 0.600. The smallest absolute Gasteiger partial charge is 0.00418 e. The van der Waals surface area contributed by atoms with Gasteiger partial charge in [0.05, 0.1) is 0 Å². The van der Waals surface area contributed by atoms with Crippen molar-refractivity contribution in [2.75, 3.05) is 6.54 Å². The Morgan fingerprint density at radius 1 is 0.581 bits per heavy atom. The molecule has 1 N–H and O–H groups in total. The van der Waals surface area contributed by atoms with Crippen molar-refractivity contribution in [3.63, 3.8) is 0 Å². The molecule has 1 nitrogen and oxygen atoms in total. The van der Waals surface area contributed by atoms with E-state index in [2.05, 4.69) is 79.8 Å². The molecule has 172 valence electrons. The zero-order valence-electron chi connectivity index (χ0n) is 20.3. The third-order valence-electron chi connectivity index (χ3n) is 6.50. The number of rotatable bonds is 18. The van der Waals surface area contributed by atoms with Gasteiger partial charge in [0.1, 0.15) is 0 Å². The molecule has 0 fully saturated rings. The summed E-state index contributed by atoms with van der Waals surface area (Å²) < 4.78 is 0. The third-order valence-corrected chi connectivity index (χ3v) is 6.50. The quantitative estimate of drug-likeness (QED) is 0.238. The monoisotopic (exact) mass is 421 g/mol. The molecular formula is C30H47N. The molecular weight excluding hydrogens is 374 g/mol. The minimum absolute atomic E-state index is 0.621. The zero-order valence-corrected chi connectivity index (χ0v) is 20.3. The van der Waals surface area contributed by atoms with E-state index in [1.807, 2.05) is 0 Å². The Balaban J connectivity index is 1.31. The lowest BCUT2D eigenvalue weighted by Crippen LogP contribution is -2.27. The predicted octanol–water partition coefficient (Wildman–Crippen LogP) is 8.38. The van der Waals surface area contributed by atoms with Gasteiger partial charge in [-0.2, -0.15) is 0 Å². The van der Waals surface area contributed by atoms with Crippen molar-refractivity contribution < 1.29 is 0 Å². The van der Waals surface area contributed by atoms with Crippen LogP contribution in [0.1, 0.15) is 95.6 Å². The first kappa shape index (κ1) is 25.7. The second-order valence-electron chi connectivity index (χ2n) is 9.64. The molecule has 1 heteroatoms. The summed E-state index contributed by atoms with van der Waals surface area (Å²) in [7, 11) is 0. The molecule has 0 spiro atoms. The summed E-state index contributed by atoms with van der Waals surface area (Å²) in [5.41, 5.74) is 2.95. The van der Waals surface area contributed by atoms with Crippen LogP contribution in [0.15, 0.2) is 60.7 Å². The van der Waals surface area contributed by atoms with Crippen molar-refractivity contribution >= 4 is 0 Å². The van der Waals surface area contributed by atoms with E-state index in [4.69, 9.17) is 0 Å². The van der Waals surface area contributed by atoms with Gasteiger partial charge >= 0.3 is 0 Å². The first-order chi connectivity index (χ1) is 15.2. The molecule has 2 aromatic rings. The largest absolute Gasteiger partial charge is 0.314 e. The number of unbranched alkanes of at least 4 members (excludes halogenated alkanes) is 8. The normalized spacial score (nSPS) is 13.2. The molecule has 0 radical (unpaired) electrons. The number of hydrogen-bond acceptors (Lipinski definition) is 1. The van der Waals surface area contributed by atoms with Gasteiger partial charge in [0.2, 0.25) is 0 Å². The molecule has 0 aromatic heterocycles. The van der Waals surface area contributed by atoms with E-state index in [-0.39, 0.29) is 0 Å². The predicted molar refractivity (Wildman–Crippen MR) is 138 cm³/mol. The van der Waals surface area contributed by atoms with Crippen molar-refractivity contribution in [2.24, 2.45) is 5.92 Å². The molecule has 0 saturated carbocycles. The molecule has 31 heavy (non-hydrogen) atoms. The molecule has 0 saturated heterocycles. The van der Waals surface area contributed by atoms with E-state index < -0.39 is 0 Å². The highest BCUT2D eigenvalue weighted by Crippen LogP contribution is 2.17. The fourth-order valence-electron chi connectivity index (χ4n) is 4.45. The zero-order chi connectivity index (χ0) is 22.0. The molecule has 2 aromatic carbocycles. The Kier molecular flexibility index (Phi) is 14.1. The van der Waals surface area contributed by atoms with Crippen LogP contribution in [-0.4, -0.2) is 12.6 Å². The Morgan fingerprint density at radius 3 is 1.71 bits per heavy atom. The number of nitrogens with one attached hydrogen (secondary N) is 1. The van der Waals surface area contributed by atoms with Crippen LogP contribution in [0.2, 0.25) is 0 Å². The molecule has 0 heterocycles. The van der Waals surface area contributed by atoms with Gasteiger partial charge < -0.3 is 5.32 Å². The summed E-state index contributed by atoms with van der Waals surface area (Å²) in [6.07, 6.45) is 17.7. The molecule has 0 aliphatic heterocycles. The average Bonchev–Trinajstić information content (AvgIpc) is 2.79. The first-order valence-corrected chi connectivity index (χ1v) is 13.1. The van der Waals surface area contributed by atoms with E-state index >= 15 is 0 Å². The summed E-state index contributed by atoms with van der Waals surface area (Å²) in [5, 5.41) is 3.70. The van der Waals surface area contributed by atoms with E-state index in [1.54, 1.807) is 0 Å². The average molecular weight is 422 g/mol. The lowest BCUT2D eigenvalue weighted by Gasteiger charge is -2.13. The van der Waals surface area contributed by atoms with E-state index in [1.165, 1.54) is 101 Å². The maximum Gasteiger partial charge on any atom is 0.00418 e. The maximum absolute atomic E-state index is 3.70. The van der Waals surface area contributed by atoms with Gasteiger partial charge in [-0.3, -0.25) is 0 Å². The van der Waals surface area contributed by atoms with E-state index in [0.717, 1.165) is 5.92 Å². The van der Waals surface area contributed by atoms with Crippen molar-refractivity contribution in [2.45, 2.75) is 103 Å². The number of aryl methyl sites for hydroxylation is 1. The number of benzene rings is 2. The van der Waals surface area contributed by atoms with Gasteiger partial charge in [-0.15, -0.1) is 0 Å². The lowest BCUT2D eigenvalue weighted by molar-refractivity contribution is 0.473. The summed E-state index contributed by atoms with van der Waals surface area (Å²) >= 11 is 0. The van der Waals surface area contributed by atoms with Gasteiger partial charge in [0.15, 0.2) is 0 Å². The van der Waals surface area contributed by atoms with Gasteiger partial charge in [-0.05, 0) is 56.2 Å². The van der Waals surface area contributed by atoms with Crippen LogP contribution in [0.5, 0.6) is 0 Å². The van der Waals surface area contributed by atoms with E-state index in [9.17, 15) is 0 Å². The Labute approximate surface area is 193 Å². The summed E-state index contributed by atoms with van der Waals surface area (Å²) in [6, 6.07) is 22.4. The minimum Gasteiger partial charge on any atom is -0.314 e. The van der Waals surface area contributed by atoms with Crippen LogP contribution in [0.4, 0.5) is 0 Å². The highest BCUT2D eigenvalue weighted by molar-refractivity contribution is 5.15. The summed E-state index contributed by atoms with van der Waals surface area (Å²) in [5.74, 6) is 0.817. The fourth-order valence-corrected chi connectivity index (χ4v) is 4.45. The van der Waals surface area contributed by atoms with Crippen molar-refractivity contribution in [3.8, 4) is 0 Å². The molecule has 2 atom stereocenters.